The summed E-state index contributed by atoms with van der Waals surface area (Å²) in [5.41, 5.74) is 4.34. The second kappa shape index (κ2) is 6.31. The first kappa shape index (κ1) is 16.2. The topological polar surface area (TPSA) is 85.8 Å². The Morgan fingerprint density at radius 1 is 1.04 bits per heavy atom. The molecule has 0 bridgehead atoms. The fourth-order valence-corrected chi connectivity index (χ4v) is 3.13. The van der Waals surface area contributed by atoms with Crippen molar-refractivity contribution in [2.24, 2.45) is 0 Å². The van der Waals surface area contributed by atoms with Gasteiger partial charge in [0.1, 0.15) is 17.7 Å². The van der Waals surface area contributed by atoms with E-state index in [4.69, 9.17) is 4.42 Å². The first-order chi connectivity index (χ1) is 13.7. The Hall–Kier alpha value is -4.00. The van der Waals surface area contributed by atoms with Gasteiger partial charge in [0.05, 0.1) is 16.6 Å². The number of oxazole rings is 1. The lowest BCUT2D eigenvalue weighted by Crippen LogP contribution is -2.12. The van der Waals surface area contributed by atoms with Crippen LogP contribution in [0.15, 0.2) is 71.5 Å². The van der Waals surface area contributed by atoms with E-state index in [1.807, 2.05) is 34.9 Å². The van der Waals surface area contributed by atoms with Gasteiger partial charge in [0.2, 0.25) is 0 Å². The van der Waals surface area contributed by atoms with E-state index >= 15 is 0 Å². The van der Waals surface area contributed by atoms with Gasteiger partial charge in [0, 0.05) is 24.9 Å². The SMILES string of the molecule is Cc1nc2ccc(NC(=O)c3ccc(-n4cnc5ccccc54)nc3)cc2o1. The summed E-state index contributed by atoms with van der Waals surface area (Å²) in [5, 5.41) is 2.86. The number of rotatable bonds is 3. The van der Waals surface area contributed by atoms with Gasteiger partial charge in [-0.05, 0) is 36.4 Å². The van der Waals surface area contributed by atoms with Gasteiger partial charge >= 0.3 is 0 Å². The third-order valence-electron chi connectivity index (χ3n) is 4.46. The molecular weight excluding hydrogens is 354 g/mol. The predicted octanol–water partition coefficient (Wildman–Crippen LogP) is 4.12. The lowest BCUT2D eigenvalue weighted by molar-refractivity contribution is 0.102. The molecule has 0 aliphatic heterocycles. The molecular formula is C21H15N5O2. The minimum Gasteiger partial charge on any atom is -0.441 e. The molecule has 0 radical (unpaired) electrons. The number of para-hydroxylation sites is 2. The molecule has 1 amide bonds. The maximum absolute atomic E-state index is 12.5. The summed E-state index contributed by atoms with van der Waals surface area (Å²) in [6.45, 7) is 1.79. The first-order valence-electron chi connectivity index (χ1n) is 8.74. The zero-order chi connectivity index (χ0) is 19.1. The summed E-state index contributed by atoms with van der Waals surface area (Å²) in [6.07, 6.45) is 3.28. The van der Waals surface area contributed by atoms with Gasteiger partial charge in [-0.3, -0.25) is 9.36 Å². The minimum absolute atomic E-state index is 0.245. The fraction of sp³-hybridized carbons (Fsp3) is 0.0476. The van der Waals surface area contributed by atoms with Crippen LogP contribution >= 0.6 is 0 Å². The quantitative estimate of drug-likeness (QED) is 0.517. The molecule has 3 heterocycles. The smallest absolute Gasteiger partial charge is 0.257 e. The highest BCUT2D eigenvalue weighted by molar-refractivity contribution is 6.04. The van der Waals surface area contributed by atoms with Crippen molar-refractivity contribution in [2.45, 2.75) is 6.92 Å². The Kier molecular flexibility index (Phi) is 3.65. The lowest BCUT2D eigenvalue weighted by Gasteiger charge is -2.07. The van der Waals surface area contributed by atoms with Gasteiger partial charge < -0.3 is 9.73 Å². The number of carbonyl (C=O) groups is 1. The van der Waals surface area contributed by atoms with E-state index in [2.05, 4.69) is 20.3 Å². The maximum Gasteiger partial charge on any atom is 0.257 e. The molecule has 3 aromatic heterocycles. The van der Waals surface area contributed by atoms with E-state index in [1.165, 1.54) is 0 Å². The zero-order valence-corrected chi connectivity index (χ0v) is 15.0. The third-order valence-corrected chi connectivity index (χ3v) is 4.46. The molecule has 5 aromatic rings. The maximum atomic E-state index is 12.5. The second-order valence-corrected chi connectivity index (χ2v) is 6.38. The van der Waals surface area contributed by atoms with Crippen molar-refractivity contribution in [2.75, 3.05) is 5.32 Å². The van der Waals surface area contributed by atoms with E-state index < -0.39 is 0 Å². The van der Waals surface area contributed by atoms with Gasteiger partial charge in [0.25, 0.3) is 5.91 Å². The van der Waals surface area contributed by atoms with Crippen LogP contribution in [0.5, 0.6) is 0 Å². The molecule has 0 spiro atoms. The normalized spacial score (nSPS) is 11.2. The fourth-order valence-electron chi connectivity index (χ4n) is 3.13. The zero-order valence-electron chi connectivity index (χ0n) is 15.0. The second-order valence-electron chi connectivity index (χ2n) is 6.38. The number of nitrogens with one attached hydrogen (secondary N) is 1. The molecule has 0 aliphatic carbocycles. The Bertz CT molecular complexity index is 1320. The number of aryl methyl sites for hydroxylation is 1. The number of fused-ring (bicyclic) bond motifs is 2. The number of imidazole rings is 1. The summed E-state index contributed by atoms with van der Waals surface area (Å²) in [6, 6.07) is 16.7. The van der Waals surface area contributed by atoms with Crippen molar-refractivity contribution in [1.29, 1.82) is 0 Å². The Balaban J connectivity index is 1.39. The van der Waals surface area contributed by atoms with E-state index in [0.29, 0.717) is 28.5 Å². The highest BCUT2D eigenvalue weighted by Crippen LogP contribution is 2.21. The van der Waals surface area contributed by atoms with Crippen LogP contribution in [-0.4, -0.2) is 25.4 Å². The molecule has 5 rings (SSSR count). The van der Waals surface area contributed by atoms with Gasteiger partial charge in [-0.15, -0.1) is 0 Å². The number of hydrogen-bond acceptors (Lipinski definition) is 5. The van der Waals surface area contributed by atoms with E-state index in [-0.39, 0.29) is 5.91 Å². The standard InChI is InChI=1S/C21H15N5O2/c1-13-24-17-8-7-15(10-19(17)28-13)25-21(27)14-6-9-20(22-11-14)26-12-23-16-4-2-3-5-18(16)26/h2-12H,1H3,(H,25,27). The number of amides is 1. The van der Waals surface area contributed by atoms with Gasteiger partial charge in [-0.25, -0.2) is 15.0 Å². The predicted molar refractivity (Wildman–Crippen MR) is 106 cm³/mol. The van der Waals surface area contributed by atoms with Crippen LogP contribution < -0.4 is 5.32 Å². The minimum atomic E-state index is -0.245. The largest absolute Gasteiger partial charge is 0.441 e. The molecule has 136 valence electrons. The summed E-state index contributed by atoms with van der Waals surface area (Å²) >= 11 is 0. The molecule has 0 saturated heterocycles. The number of hydrogen-bond donors (Lipinski definition) is 1. The molecule has 28 heavy (non-hydrogen) atoms. The molecule has 0 atom stereocenters. The summed E-state index contributed by atoms with van der Waals surface area (Å²) in [4.78, 5) is 25.6. The van der Waals surface area contributed by atoms with Crippen molar-refractivity contribution in [3.63, 3.8) is 0 Å². The van der Waals surface area contributed by atoms with Crippen LogP contribution in [0.4, 0.5) is 5.69 Å². The molecule has 7 heteroatoms. The van der Waals surface area contributed by atoms with Gasteiger partial charge in [-0.2, -0.15) is 0 Å². The molecule has 0 saturated carbocycles. The van der Waals surface area contributed by atoms with E-state index in [1.54, 1.807) is 43.7 Å². The highest BCUT2D eigenvalue weighted by atomic mass is 16.3. The third kappa shape index (κ3) is 2.79. The van der Waals surface area contributed by atoms with Crippen molar-refractivity contribution < 1.29 is 9.21 Å². The molecule has 0 fully saturated rings. The highest BCUT2D eigenvalue weighted by Gasteiger charge is 2.10. The van der Waals surface area contributed by atoms with Crippen LogP contribution in [0.25, 0.3) is 28.0 Å². The average molecular weight is 369 g/mol. The van der Waals surface area contributed by atoms with Gasteiger partial charge in [0.15, 0.2) is 11.5 Å². The number of anilines is 1. The summed E-state index contributed by atoms with van der Waals surface area (Å²) < 4.78 is 7.39. The van der Waals surface area contributed by atoms with Crippen molar-refractivity contribution >= 4 is 33.7 Å². The summed E-state index contributed by atoms with van der Waals surface area (Å²) in [5.74, 6) is 1.04. The van der Waals surface area contributed by atoms with Crippen LogP contribution in [0.2, 0.25) is 0 Å². The Morgan fingerprint density at radius 2 is 1.93 bits per heavy atom. The van der Waals surface area contributed by atoms with Crippen LogP contribution in [0, 0.1) is 6.92 Å². The number of nitrogens with zero attached hydrogens (tertiary/aromatic N) is 4. The van der Waals surface area contributed by atoms with E-state index in [0.717, 1.165) is 16.6 Å². The first-order valence-corrected chi connectivity index (χ1v) is 8.74. The van der Waals surface area contributed by atoms with Crippen molar-refractivity contribution in [3.8, 4) is 5.82 Å². The molecule has 2 aromatic carbocycles. The van der Waals surface area contributed by atoms with Crippen molar-refractivity contribution in [3.05, 3.63) is 78.6 Å². The number of pyridine rings is 1. The van der Waals surface area contributed by atoms with Crippen LogP contribution in [-0.2, 0) is 0 Å². The molecule has 0 unspecified atom stereocenters. The summed E-state index contributed by atoms with van der Waals surface area (Å²) in [7, 11) is 0. The van der Waals surface area contributed by atoms with Crippen LogP contribution in [0.1, 0.15) is 16.2 Å². The molecule has 0 aliphatic rings. The molecule has 7 nitrogen and oxygen atoms in total. The number of benzene rings is 2. The Morgan fingerprint density at radius 3 is 2.79 bits per heavy atom. The van der Waals surface area contributed by atoms with Crippen LogP contribution in [0.3, 0.4) is 0 Å². The monoisotopic (exact) mass is 369 g/mol. The average Bonchev–Trinajstić information content (AvgIpc) is 3.30. The lowest BCUT2D eigenvalue weighted by atomic mass is 10.2. The van der Waals surface area contributed by atoms with Gasteiger partial charge in [-0.1, -0.05) is 12.1 Å². The van der Waals surface area contributed by atoms with Crippen molar-refractivity contribution in [1.82, 2.24) is 19.5 Å². The Labute approximate surface area is 159 Å². The van der Waals surface area contributed by atoms with E-state index in [9.17, 15) is 4.79 Å². The number of carbonyl (C=O) groups excluding carboxylic acids is 1. The molecule has 1 N–H and O–H groups in total. The number of aromatic nitrogens is 4.